The minimum absolute atomic E-state index is 0.0208. The molecule has 0 aliphatic rings. The number of aliphatic hydroxyl groups excluding tert-OH is 1. The molecule has 17 heavy (non-hydrogen) atoms. The second-order valence-corrected chi connectivity index (χ2v) is 3.37. The van der Waals surface area contributed by atoms with Crippen molar-refractivity contribution in [2.75, 3.05) is 19.8 Å². The largest absolute Gasteiger partial charge is 0.462 e. The summed E-state index contributed by atoms with van der Waals surface area (Å²) in [6, 6.07) is 3.33. The van der Waals surface area contributed by atoms with Crippen LogP contribution in [-0.2, 0) is 17.9 Å². The first-order valence-electron chi connectivity index (χ1n) is 5.05. The molecule has 7 heteroatoms. The van der Waals surface area contributed by atoms with E-state index >= 15 is 0 Å². The molecule has 0 spiro atoms. The van der Waals surface area contributed by atoms with Crippen LogP contribution in [0, 0.1) is 0 Å². The molecule has 1 rings (SSSR count). The van der Waals surface area contributed by atoms with Crippen LogP contribution >= 0.6 is 0 Å². The molecule has 4 nitrogen and oxygen atoms in total. The quantitative estimate of drug-likeness (QED) is 0.722. The lowest BCUT2D eigenvalue weighted by molar-refractivity contribution is -0.173. The Kier molecular flexibility index (Phi) is 5.46. The highest BCUT2D eigenvalue weighted by Gasteiger charge is 2.27. The van der Waals surface area contributed by atoms with Crippen LogP contribution < -0.4 is 5.32 Å². The lowest BCUT2D eigenvalue weighted by Crippen LogP contribution is -2.23. The molecule has 0 radical (unpaired) electrons. The number of nitrogens with one attached hydrogen (secondary N) is 1. The maximum absolute atomic E-state index is 11.7. The molecule has 0 aliphatic heterocycles. The van der Waals surface area contributed by atoms with E-state index < -0.39 is 12.8 Å². The predicted octanol–water partition coefficient (Wildman–Crippen LogP) is 1.44. The van der Waals surface area contributed by atoms with Crippen molar-refractivity contribution in [1.29, 1.82) is 0 Å². The Morgan fingerprint density at radius 3 is 2.59 bits per heavy atom. The monoisotopic (exact) mass is 253 g/mol. The van der Waals surface area contributed by atoms with Crippen molar-refractivity contribution >= 4 is 0 Å². The molecule has 0 saturated carbocycles. The van der Waals surface area contributed by atoms with Gasteiger partial charge in [-0.3, -0.25) is 0 Å². The van der Waals surface area contributed by atoms with Gasteiger partial charge in [-0.1, -0.05) is 0 Å². The Bertz CT molecular complexity index is 325. The highest BCUT2D eigenvalue weighted by atomic mass is 19.4. The van der Waals surface area contributed by atoms with Gasteiger partial charge in [0.25, 0.3) is 0 Å². The van der Waals surface area contributed by atoms with Gasteiger partial charge in [0.05, 0.1) is 13.2 Å². The first kappa shape index (κ1) is 14.0. The van der Waals surface area contributed by atoms with Crippen molar-refractivity contribution < 1.29 is 27.4 Å². The Morgan fingerprint density at radius 2 is 2.00 bits per heavy atom. The predicted molar refractivity (Wildman–Crippen MR) is 53.2 cm³/mol. The fraction of sp³-hybridized carbons (Fsp3) is 0.600. The van der Waals surface area contributed by atoms with Crippen LogP contribution in [0.1, 0.15) is 11.5 Å². The first-order chi connectivity index (χ1) is 8.01. The molecule has 1 aromatic heterocycles. The molecule has 0 bridgehead atoms. The number of ether oxygens (including phenoxy) is 1. The fourth-order valence-corrected chi connectivity index (χ4v) is 1.15. The molecule has 98 valence electrons. The molecule has 1 heterocycles. The van der Waals surface area contributed by atoms with Gasteiger partial charge in [0.1, 0.15) is 24.7 Å². The van der Waals surface area contributed by atoms with Crippen LogP contribution in [-0.4, -0.2) is 31.0 Å². The number of rotatable bonds is 7. The van der Waals surface area contributed by atoms with Gasteiger partial charge >= 0.3 is 6.18 Å². The summed E-state index contributed by atoms with van der Waals surface area (Å²) in [7, 11) is 0. The van der Waals surface area contributed by atoms with Crippen LogP contribution in [0.5, 0.6) is 0 Å². The minimum atomic E-state index is -4.28. The summed E-state index contributed by atoms with van der Waals surface area (Å²) in [4.78, 5) is 0. The molecule has 0 aliphatic carbocycles. The SMILES string of the molecule is OCc1ccc(CNCCOCC(F)(F)F)o1. The number of hydrogen-bond acceptors (Lipinski definition) is 4. The Hall–Kier alpha value is -1.05. The Labute approximate surface area is 96.4 Å². The van der Waals surface area contributed by atoms with Gasteiger partial charge in [-0.25, -0.2) is 0 Å². The van der Waals surface area contributed by atoms with E-state index in [0.29, 0.717) is 24.6 Å². The van der Waals surface area contributed by atoms with Gasteiger partial charge in [-0.15, -0.1) is 0 Å². The highest BCUT2D eigenvalue weighted by Crippen LogP contribution is 2.14. The van der Waals surface area contributed by atoms with E-state index in [4.69, 9.17) is 9.52 Å². The summed E-state index contributed by atoms with van der Waals surface area (Å²) in [6.07, 6.45) is -4.28. The average Bonchev–Trinajstić information content (AvgIpc) is 2.69. The summed E-state index contributed by atoms with van der Waals surface area (Å²) in [5.41, 5.74) is 0. The van der Waals surface area contributed by atoms with E-state index in [1.807, 2.05) is 0 Å². The third-order valence-corrected chi connectivity index (χ3v) is 1.86. The zero-order valence-corrected chi connectivity index (χ0v) is 9.09. The van der Waals surface area contributed by atoms with Crippen LogP contribution in [0.2, 0.25) is 0 Å². The second kappa shape index (κ2) is 6.63. The molecule has 0 amide bonds. The van der Waals surface area contributed by atoms with Crippen molar-refractivity contribution in [2.45, 2.75) is 19.3 Å². The van der Waals surface area contributed by atoms with Gasteiger partial charge in [-0.05, 0) is 12.1 Å². The van der Waals surface area contributed by atoms with E-state index in [9.17, 15) is 13.2 Å². The van der Waals surface area contributed by atoms with Gasteiger partial charge in [0.15, 0.2) is 0 Å². The Balaban J connectivity index is 2.04. The Morgan fingerprint density at radius 1 is 1.29 bits per heavy atom. The zero-order chi connectivity index (χ0) is 12.7. The second-order valence-electron chi connectivity index (χ2n) is 3.37. The van der Waals surface area contributed by atoms with Crippen molar-refractivity contribution in [2.24, 2.45) is 0 Å². The number of halogens is 3. The smallest absolute Gasteiger partial charge is 0.411 e. The maximum atomic E-state index is 11.7. The summed E-state index contributed by atoms with van der Waals surface area (Å²) < 4.78 is 44.6. The molecule has 2 N–H and O–H groups in total. The lowest BCUT2D eigenvalue weighted by Gasteiger charge is -2.07. The van der Waals surface area contributed by atoms with E-state index in [2.05, 4.69) is 10.1 Å². The van der Waals surface area contributed by atoms with Gasteiger partial charge in [-0.2, -0.15) is 13.2 Å². The van der Waals surface area contributed by atoms with Crippen LogP contribution in [0.15, 0.2) is 16.5 Å². The van der Waals surface area contributed by atoms with Crippen LogP contribution in [0.25, 0.3) is 0 Å². The molecular formula is C10H14F3NO3. The number of furan rings is 1. The molecule has 0 unspecified atom stereocenters. The average molecular weight is 253 g/mol. The molecule has 0 atom stereocenters. The van der Waals surface area contributed by atoms with Crippen LogP contribution in [0.3, 0.4) is 0 Å². The van der Waals surface area contributed by atoms with Gasteiger partial charge < -0.3 is 19.6 Å². The minimum Gasteiger partial charge on any atom is -0.462 e. The fourth-order valence-electron chi connectivity index (χ4n) is 1.15. The molecule has 0 fully saturated rings. The van der Waals surface area contributed by atoms with Crippen molar-refractivity contribution in [3.8, 4) is 0 Å². The van der Waals surface area contributed by atoms with Crippen LogP contribution in [0.4, 0.5) is 13.2 Å². The molecule has 0 aromatic carbocycles. The number of aliphatic hydroxyl groups is 1. The summed E-state index contributed by atoms with van der Waals surface area (Å²) >= 11 is 0. The lowest BCUT2D eigenvalue weighted by atomic mass is 10.4. The van der Waals surface area contributed by atoms with Crippen molar-refractivity contribution in [3.05, 3.63) is 23.7 Å². The molecule has 1 aromatic rings. The number of alkyl halides is 3. The number of hydrogen-bond donors (Lipinski definition) is 2. The van der Waals surface area contributed by atoms with Gasteiger partial charge in [0.2, 0.25) is 0 Å². The summed E-state index contributed by atoms with van der Waals surface area (Å²) in [5, 5.41) is 11.6. The third-order valence-electron chi connectivity index (χ3n) is 1.86. The summed E-state index contributed by atoms with van der Waals surface area (Å²) in [5.74, 6) is 1.07. The van der Waals surface area contributed by atoms with Crippen molar-refractivity contribution in [3.63, 3.8) is 0 Å². The van der Waals surface area contributed by atoms with E-state index in [1.165, 1.54) is 0 Å². The van der Waals surface area contributed by atoms with E-state index in [-0.39, 0.29) is 13.2 Å². The van der Waals surface area contributed by atoms with E-state index in [0.717, 1.165) is 0 Å². The highest BCUT2D eigenvalue weighted by molar-refractivity contribution is 5.05. The third kappa shape index (κ3) is 6.30. The maximum Gasteiger partial charge on any atom is 0.411 e. The summed E-state index contributed by atoms with van der Waals surface area (Å²) in [6.45, 7) is -0.744. The molecular weight excluding hydrogens is 239 g/mol. The standard InChI is InChI=1S/C10H14F3NO3/c11-10(12,13)7-16-4-3-14-5-8-1-2-9(6-15)17-8/h1-2,14-15H,3-7H2. The van der Waals surface area contributed by atoms with E-state index in [1.54, 1.807) is 12.1 Å². The van der Waals surface area contributed by atoms with Gasteiger partial charge in [0, 0.05) is 6.54 Å². The molecule has 0 saturated heterocycles. The normalized spacial score (nSPS) is 12.0. The van der Waals surface area contributed by atoms with Crippen molar-refractivity contribution in [1.82, 2.24) is 5.32 Å². The topological polar surface area (TPSA) is 54.6 Å². The zero-order valence-electron chi connectivity index (χ0n) is 9.09. The first-order valence-corrected chi connectivity index (χ1v) is 5.05.